The molecule has 2 aromatic rings. The summed E-state index contributed by atoms with van der Waals surface area (Å²) in [7, 11) is -2.21. The highest BCUT2D eigenvalue weighted by atomic mass is 32.2. The highest BCUT2D eigenvalue weighted by Gasteiger charge is 2.31. The molecule has 0 aliphatic rings. The summed E-state index contributed by atoms with van der Waals surface area (Å²) in [6.45, 7) is 7.66. The van der Waals surface area contributed by atoms with Gasteiger partial charge >= 0.3 is 11.9 Å². The molecule has 0 aliphatic carbocycles. The van der Waals surface area contributed by atoms with Crippen molar-refractivity contribution >= 4 is 33.5 Å². The highest BCUT2D eigenvalue weighted by molar-refractivity contribution is 7.85. The van der Waals surface area contributed by atoms with Crippen molar-refractivity contribution in [3.05, 3.63) is 71.8 Å². The molecule has 6 nitrogen and oxygen atoms in total. The van der Waals surface area contributed by atoms with Crippen molar-refractivity contribution in [1.29, 1.82) is 0 Å². The van der Waals surface area contributed by atoms with Crippen LogP contribution in [0.2, 0.25) is 0 Å². The van der Waals surface area contributed by atoms with E-state index in [-0.39, 0.29) is 25.2 Å². The molecule has 2 aromatic carbocycles. The van der Waals surface area contributed by atoms with Gasteiger partial charge in [0.25, 0.3) is 0 Å². The summed E-state index contributed by atoms with van der Waals surface area (Å²) in [4.78, 5) is 24.9. The number of benzene rings is 2. The summed E-state index contributed by atoms with van der Waals surface area (Å²) >= 11 is 0. The lowest BCUT2D eigenvalue weighted by Crippen LogP contribution is -2.29. The first-order chi connectivity index (χ1) is 17.5. The Morgan fingerprint density at radius 2 is 0.973 bits per heavy atom. The SMILES string of the molecule is CC(C)(CCS(=O)CCCS(=O)CCC(C)(C)C(=O)OCc1ccccc1)C(=O)OCc1ccccc1. The van der Waals surface area contributed by atoms with E-state index < -0.39 is 32.4 Å². The fraction of sp³-hybridized carbons (Fsp3) is 0.517. The molecular weight excluding hydrogens is 508 g/mol. The molecule has 204 valence electrons. The van der Waals surface area contributed by atoms with Gasteiger partial charge in [-0.3, -0.25) is 18.0 Å². The van der Waals surface area contributed by atoms with Crippen LogP contribution in [0.4, 0.5) is 0 Å². The molecule has 2 atom stereocenters. The Morgan fingerprint density at radius 1 is 0.622 bits per heavy atom. The molecule has 0 bridgehead atoms. The lowest BCUT2D eigenvalue weighted by atomic mass is 9.90. The largest absolute Gasteiger partial charge is 0.460 e. The number of rotatable bonds is 16. The minimum Gasteiger partial charge on any atom is -0.460 e. The van der Waals surface area contributed by atoms with E-state index in [2.05, 4.69) is 0 Å². The number of esters is 2. The molecule has 2 unspecified atom stereocenters. The van der Waals surface area contributed by atoms with E-state index in [9.17, 15) is 18.0 Å². The predicted molar refractivity (Wildman–Crippen MR) is 150 cm³/mol. The van der Waals surface area contributed by atoms with Crippen LogP contribution in [0.15, 0.2) is 60.7 Å². The first-order valence-corrected chi connectivity index (χ1v) is 15.6. The van der Waals surface area contributed by atoms with E-state index in [4.69, 9.17) is 9.47 Å². The maximum absolute atomic E-state index is 12.5. The predicted octanol–water partition coefficient (Wildman–Crippen LogP) is 5.19. The van der Waals surface area contributed by atoms with E-state index in [1.807, 2.05) is 60.7 Å². The lowest BCUT2D eigenvalue weighted by molar-refractivity contribution is -0.156. The number of hydrogen-bond donors (Lipinski definition) is 0. The number of carbonyl (C=O) groups is 2. The van der Waals surface area contributed by atoms with Crippen LogP contribution in [0.5, 0.6) is 0 Å². The second-order valence-electron chi connectivity index (χ2n) is 10.4. The monoisotopic (exact) mass is 548 g/mol. The lowest BCUT2D eigenvalue weighted by Gasteiger charge is -2.22. The van der Waals surface area contributed by atoms with Crippen molar-refractivity contribution in [3.8, 4) is 0 Å². The first kappa shape index (κ1) is 30.9. The normalized spacial score (nSPS) is 13.5. The third-order valence-corrected chi connectivity index (χ3v) is 8.99. The quantitative estimate of drug-likeness (QED) is 0.268. The molecular formula is C29H40O6S2. The Hall–Kier alpha value is -2.32. The van der Waals surface area contributed by atoms with Gasteiger partial charge in [0.05, 0.1) is 10.8 Å². The van der Waals surface area contributed by atoms with Crippen LogP contribution in [0.25, 0.3) is 0 Å². The average molecular weight is 549 g/mol. The van der Waals surface area contributed by atoms with Crippen LogP contribution in [0, 0.1) is 10.8 Å². The maximum atomic E-state index is 12.5. The van der Waals surface area contributed by atoms with Crippen LogP contribution in [-0.4, -0.2) is 43.4 Å². The summed E-state index contributed by atoms with van der Waals surface area (Å²) in [6.07, 6.45) is 1.47. The van der Waals surface area contributed by atoms with Gasteiger partial charge in [0.2, 0.25) is 0 Å². The second kappa shape index (κ2) is 15.2. The molecule has 0 saturated carbocycles. The van der Waals surface area contributed by atoms with Crippen molar-refractivity contribution in [2.45, 2.75) is 60.2 Å². The Kier molecular flexibility index (Phi) is 12.7. The minimum absolute atomic E-state index is 0.222. The molecule has 8 heteroatoms. The number of ether oxygens (including phenoxy) is 2. The average Bonchev–Trinajstić information content (AvgIpc) is 2.89. The molecule has 0 aromatic heterocycles. The zero-order valence-corrected chi connectivity index (χ0v) is 24.0. The molecule has 0 radical (unpaired) electrons. The van der Waals surface area contributed by atoms with Crippen molar-refractivity contribution in [2.24, 2.45) is 10.8 Å². The van der Waals surface area contributed by atoms with Gasteiger partial charge in [-0.15, -0.1) is 0 Å². The van der Waals surface area contributed by atoms with E-state index >= 15 is 0 Å². The Balaban J connectivity index is 1.62. The fourth-order valence-corrected chi connectivity index (χ4v) is 6.36. The van der Waals surface area contributed by atoms with Crippen LogP contribution >= 0.6 is 0 Å². The summed E-state index contributed by atoms with van der Waals surface area (Å²) in [6, 6.07) is 19.0. The number of hydrogen-bond acceptors (Lipinski definition) is 6. The number of carbonyl (C=O) groups excluding carboxylic acids is 2. The molecule has 0 fully saturated rings. The molecule has 0 aliphatic heterocycles. The molecule has 37 heavy (non-hydrogen) atoms. The summed E-state index contributed by atoms with van der Waals surface area (Å²) < 4.78 is 35.8. The summed E-state index contributed by atoms with van der Waals surface area (Å²) in [5, 5.41) is 0. The van der Waals surface area contributed by atoms with Gasteiger partial charge in [-0.25, -0.2) is 0 Å². The van der Waals surface area contributed by atoms with Crippen molar-refractivity contribution < 1.29 is 27.5 Å². The van der Waals surface area contributed by atoms with Gasteiger partial charge in [-0.1, -0.05) is 60.7 Å². The zero-order valence-electron chi connectivity index (χ0n) is 22.4. The van der Waals surface area contributed by atoms with E-state index in [0.717, 1.165) is 11.1 Å². The molecule has 2 rings (SSSR count). The van der Waals surface area contributed by atoms with Gasteiger partial charge in [-0.05, 0) is 58.1 Å². The van der Waals surface area contributed by atoms with E-state index in [1.165, 1.54) is 0 Å². The molecule has 0 heterocycles. The van der Waals surface area contributed by atoms with Crippen molar-refractivity contribution in [1.82, 2.24) is 0 Å². The fourth-order valence-electron chi connectivity index (χ4n) is 3.36. The third-order valence-electron chi connectivity index (χ3n) is 6.18. The van der Waals surface area contributed by atoms with E-state index in [0.29, 0.717) is 42.3 Å². The highest BCUT2D eigenvalue weighted by Crippen LogP contribution is 2.25. The summed E-state index contributed by atoms with van der Waals surface area (Å²) in [5.74, 6) is 1.03. The molecule has 0 amide bonds. The first-order valence-electron chi connectivity index (χ1n) is 12.6. The Morgan fingerprint density at radius 3 is 1.32 bits per heavy atom. The smallest absolute Gasteiger partial charge is 0.311 e. The van der Waals surface area contributed by atoms with Gasteiger partial charge in [0, 0.05) is 44.6 Å². The van der Waals surface area contributed by atoms with Gasteiger partial charge < -0.3 is 9.47 Å². The minimum atomic E-state index is -1.11. The van der Waals surface area contributed by atoms with Crippen molar-refractivity contribution in [2.75, 3.05) is 23.0 Å². The van der Waals surface area contributed by atoms with Gasteiger partial charge in [-0.2, -0.15) is 0 Å². The molecule has 0 spiro atoms. The third kappa shape index (κ3) is 11.7. The van der Waals surface area contributed by atoms with Crippen LogP contribution in [0.1, 0.15) is 58.1 Å². The standard InChI is InChI=1S/C29H40O6S2/c1-28(2,26(30)34-22-24-12-7-5-8-13-24)16-20-36(32)18-11-19-37(33)21-17-29(3,4)27(31)35-23-25-14-9-6-10-15-25/h5-10,12-15H,11,16-23H2,1-4H3. The second-order valence-corrected chi connectivity index (χ2v) is 13.8. The van der Waals surface area contributed by atoms with Crippen LogP contribution in [-0.2, 0) is 53.9 Å². The summed E-state index contributed by atoms with van der Waals surface area (Å²) in [5.41, 5.74) is 0.397. The topological polar surface area (TPSA) is 86.7 Å². The maximum Gasteiger partial charge on any atom is 0.311 e. The van der Waals surface area contributed by atoms with E-state index in [1.54, 1.807) is 27.7 Å². The molecule has 0 saturated heterocycles. The van der Waals surface area contributed by atoms with Crippen LogP contribution in [0.3, 0.4) is 0 Å². The Bertz CT molecular complexity index is 951. The van der Waals surface area contributed by atoms with Gasteiger partial charge in [0.1, 0.15) is 13.2 Å². The Labute approximate surface area is 226 Å². The zero-order chi connectivity index (χ0) is 27.3. The van der Waals surface area contributed by atoms with Crippen LogP contribution < -0.4 is 0 Å². The van der Waals surface area contributed by atoms with Gasteiger partial charge in [0.15, 0.2) is 0 Å². The van der Waals surface area contributed by atoms with Crippen molar-refractivity contribution in [3.63, 3.8) is 0 Å². The molecule has 0 N–H and O–H groups in total.